The zero-order valence-electron chi connectivity index (χ0n) is 11.4. The number of hydrogen-bond acceptors (Lipinski definition) is 1. The van der Waals surface area contributed by atoms with Crippen molar-refractivity contribution in [3.8, 4) is 0 Å². The van der Waals surface area contributed by atoms with Crippen LogP contribution in [0.5, 0.6) is 0 Å². The number of nitrogens with zero attached hydrogens (tertiary/aromatic N) is 1. The first kappa shape index (κ1) is 15.0. The van der Waals surface area contributed by atoms with Crippen molar-refractivity contribution >= 4 is 0 Å². The lowest BCUT2D eigenvalue weighted by Crippen LogP contribution is -2.35. The molecular weight excluding hydrogens is 182 g/mol. The molecule has 92 valence electrons. The maximum Gasteiger partial charge on any atom is 0.00950 e. The summed E-state index contributed by atoms with van der Waals surface area (Å²) >= 11 is 0. The third-order valence-corrected chi connectivity index (χ3v) is 3.23. The molecular formula is C14H31N. The highest BCUT2D eigenvalue weighted by Gasteiger charge is 2.14. The molecule has 0 aromatic carbocycles. The second kappa shape index (κ2) is 10.5. The summed E-state index contributed by atoms with van der Waals surface area (Å²) in [5.74, 6) is 0. The van der Waals surface area contributed by atoms with Crippen molar-refractivity contribution in [2.45, 2.75) is 78.7 Å². The van der Waals surface area contributed by atoms with Crippen LogP contribution in [-0.2, 0) is 0 Å². The van der Waals surface area contributed by atoms with Crippen molar-refractivity contribution in [3.63, 3.8) is 0 Å². The van der Waals surface area contributed by atoms with Gasteiger partial charge in [-0.25, -0.2) is 0 Å². The van der Waals surface area contributed by atoms with Crippen LogP contribution in [0.2, 0.25) is 0 Å². The topological polar surface area (TPSA) is 3.24 Å². The fourth-order valence-corrected chi connectivity index (χ4v) is 2.24. The van der Waals surface area contributed by atoms with Crippen molar-refractivity contribution in [3.05, 3.63) is 0 Å². The molecule has 0 aliphatic rings. The molecule has 0 spiro atoms. The normalized spacial score (nSPS) is 13.4. The van der Waals surface area contributed by atoms with Crippen molar-refractivity contribution in [2.75, 3.05) is 13.1 Å². The summed E-state index contributed by atoms with van der Waals surface area (Å²) in [4.78, 5) is 2.70. The molecule has 1 heteroatoms. The highest BCUT2D eigenvalue weighted by atomic mass is 15.1. The fourth-order valence-electron chi connectivity index (χ4n) is 2.24. The Kier molecular flexibility index (Phi) is 10.4. The Labute approximate surface area is 97.2 Å². The van der Waals surface area contributed by atoms with Crippen molar-refractivity contribution in [2.24, 2.45) is 0 Å². The van der Waals surface area contributed by atoms with E-state index in [4.69, 9.17) is 0 Å². The molecule has 0 N–H and O–H groups in total. The predicted molar refractivity (Wildman–Crippen MR) is 70.4 cm³/mol. The second-order valence-electron chi connectivity index (χ2n) is 4.57. The van der Waals surface area contributed by atoms with Crippen LogP contribution in [0.15, 0.2) is 0 Å². The third-order valence-electron chi connectivity index (χ3n) is 3.23. The molecule has 15 heavy (non-hydrogen) atoms. The lowest BCUT2D eigenvalue weighted by molar-refractivity contribution is 0.179. The fraction of sp³-hybridized carbons (Fsp3) is 1.00. The highest BCUT2D eigenvalue weighted by Crippen LogP contribution is 2.15. The maximum absolute atomic E-state index is 2.70. The van der Waals surface area contributed by atoms with Crippen molar-refractivity contribution < 1.29 is 0 Å². The first-order valence-corrected chi connectivity index (χ1v) is 7.04. The molecule has 0 aromatic heterocycles. The first-order valence-electron chi connectivity index (χ1n) is 7.04. The lowest BCUT2D eigenvalue weighted by Gasteiger charge is -2.30. The SMILES string of the molecule is CCCCC(CCC)N(CC)CCCC. The van der Waals surface area contributed by atoms with E-state index in [1.165, 1.54) is 58.0 Å². The maximum atomic E-state index is 2.70. The van der Waals surface area contributed by atoms with Crippen LogP contribution >= 0.6 is 0 Å². The third kappa shape index (κ3) is 6.94. The quantitative estimate of drug-likeness (QED) is 0.517. The van der Waals surface area contributed by atoms with Gasteiger partial charge >= 0.3 is 0 Å². The van der Waals surface area contributed by atoms with E-state index in [0.29, 0.717) is 0 Å². The van der Waals surface area contributed by atoms with Gasteiger partial charge in [-0.15, -0.1) is 0 Å². The van der Waals surface area contributed by atoms with Crippen LogP contribution in [0, 0.1) is 0 Å². The Morgan fingerprint density at radius 1 is 0.800 bits per heavy atom. The smallest absolute Gasteiger partial charge is 0.00950 e. The van der Waals surface area contributed by atoms with Crippen LogP contribution in [0.4, 0.5) is 0 Å². The van der Waals surface area contributed by atoms with Gasteiger partial charge in [0.1, 0.15) is 0 Å². The van der Waals surface area contributed by atoms with Crippen LogP contribution in [-0.4, -0.2) is 24.0 Å². The summed E-state index contributed by atoms with van der Waals surface area (Å²) in [7, 11) is 0. The van der Waals surface area contributed by atoms with Crippen LogP contribution in [0.1, 0.15) is 72.6 Å². The average molecular weight is 213 g/mol. The monoisotopic (exact) mass is 213 g/mol. The van der Waals surface area contributed by atoms with Gasteiger partial charge in [0.05, 0.1) is 0 Å². The molecule has 0 saturated carbocycles. The molecule has 1 nitrogen and oxygen atoms in total. The van der Waals surface area contributed by atoms with Gasteiger partial charge in [-0.3, -0.25) is 0 Å². The molecule has 0 radical (unpaired) electrons. The first-order chi connectivity index (χ1) is 7.29. The summed E-state index contributed by atoms with van der Waals surface area (Å²) in [6.07, 6.45) is 9.54. The summed E-state index contributed by atoms with van der Waals surface area (Å²) in [5.41, 5.74) is 0. The number of unbranched alkanes of at least 4 members (excludes halogenated alkanes) is 2. The molecule has 0 saturated heterocycles. The molecule has 0 fully saturated rings. The van der Waals surface area contributed by atoms with Gasteiger partial charge in [0.15, 0.2) is 0 Å². The Balaban J connectivity index is 4.00. The minimum atomic E-state index is 0.853. The highest BCUT2D eigenvalue weighted by molar-refractivity contribution is 4.70. The van der Waals surface area contributed by atoms with Crippen LogP contribution in [0.3, 0.4) is 0 Å². The zero-order valence-corrected chi connectivity index (χ0v) is 11.4. The summed E-state index contributed by atoms with van der Waals surface area (Å²) in [6.45, 7) is 11.7. The van der Waals surface area contributed by atoms with Gasteiger partial charge in [0, 0.05) is 6.04 Å². The van der Waals surface area contributed by atoms with Crippen molar-refractivity contribution in [1.82, 2.24) is 4.90 Å². The number of hydrogen-bond donors (Lipinski definition) is 0. The van der Waals surface area contributed by atoms with E-state index in [1.807, 2.05) is 0 Å². The van der Waals surface area contributed by atoms with Crippen molar-refractivity contribution in [1.29, 1.82) is 0 Å². The lowest BCUT2D eigenvalue weighted by atomic mass is 10.0. The molecule has 0 aliphatic heterocycles. The van der Waals surface area contributed by atoms with E-state index in [1.54, 1.807) is 0 Å². The van der Waals surface area contributed by atoms with Gasteiger partial charge in [-0.2, -0.15) is 0 Å². The van der Waals surface area contributed by atoms with E-state index in [0.717, 1.165) is 6.04 Å². The van der Waals surface area contributed by atoms with Crippen LogP contribution < -0.4 is 0 Å². The summed E-state index contributed by atoms with van der Waals surface area (Å²) in [5, 5.41) is 0. The van der Waals surface area contributed by atoms with E-state index in [-0.39, 0.29) is 0 Å². The van der Waals surface area contributed by atoms with Crippen LogP contribution in [0.25, 0.3) is 0 Å². The minimum Gasteiger partial charge on any atom is -0.301 e. The largest absolute Gasteiger partial charge is 0.301 e. The molecule has 0 amide bonds. The molecule has 0 rings (SSSR count). The second-order valence-corrected chi connectivity index (χ2v) is 4.57. The van der Waals surface area contributed by atoms with E-state index in [9.17, 15) is 0 Å². The standard InChI is InChI=1S/C14H31N/c1-5-9-12-14(11-7-3)15(8-4)13-10-6-2/h14H,5-13H2,1-4H3. The van der Waals surface area contributed by atoms with Gasteiger partial charge in [-0.05, 0) is 32.4 Å². The minimum absolute atomic E-state index is 0.853. The van der Waals surface area contributed by atoms with E-state index in [2.05, 4.69) is 32.6 Å². The Hall–Kier alpha value is -0.0400. The molecule has 0 aliphatic carbocycles. The Bertz CT molecular complexity index is 123. The zero-order chi connectivity index (χ0) is 11.5. The van der Waals surface area contributed by atoms with Gasteiger partial charge in [0.2, 0.25) is 0 Å². The molecule has 1 atom stereocenters. The molecule has 0 bridgehead atoms. The Morgan fingerprint density at radius 3 is 1.93 bits per heavy atom. The predicted octanol–water partition coefficient (Wildman–Crippen LogP) is 4.47. The average Bonchev–Trinajstić information content (AvgIpc) is 2.26. The molecule has 1 unspecified atom stereocenters. The van der Waals surface area contributed by atoms with Gasteiger partial charge in [-0.1, -0.05) is 53.4 Å². The van der Waals surface area contributed by atoms with Gasteiger partial charge < -0.3 is 4.90 Å². The number of rotatable bonds is 10. The molecule has 0 heterocycles. The summed E-state index contributed by atoms with van der Waals surface area (Å²) in [6, 6.07) is 0.853. The van der Waals surface area contributed by atoms with E-state index >= 15 is 0 Å². The molecule has 0 aromatic rings. The Morgan fingerprint density at radius 2 is 1.47 bits per heavy atom. The van der Waals surface area contributed by atoms with E-state index < -0.39 is 0 Å². The van der Waals surface area contributed by atoms with Gasteiger partial charge in [0.25, 0.3) is 0 Å². The summed E-state index contributed by atoms with van der Waals surface area (Å²) < 4.78 is 0.